The van der Waals surface area contributed by atoms with Crippen LogP contribution in [0.4, 0.5) is 0 Å². The van der Waals surface area contributed by atoms with Crippen molar-refractivity contribution in [3.05, 3.63) is 56.2 Å². The predicted octanol–water partition coefficient (Wildman–Crippen LogP) is 4.89. The molecule has 1 aliphatic rings. The largest absolute Gasteiger partial charge is 0.287 e. The smallest absolute Gasteiger partial charge is 0.263 e. The molecule has 1 aromatic carbocycles. The number of hydrogen-bond donors (Lipinski definition) is 0. The van der Waals surface area contributed by atoms with Gasteiger partial charge >= 0.3 is 0 Å². The average molecular weight is 410 g/mol. The van der Waals surface area contributed by atoms with E-state index < -0.39 is 0 Å². The maximum Gasteiger partial charge on any atom is 0.263 e. The van der Waals surface area contributed by atoms with E-state index in [1.54, 1.807) is 15.9 Å². The van der Waals surface area contributed by atoms with E-state index in [2.05, 4.69) is 37.3 Å². The lowest BCUT2D eigenvalue weighted by molar-refractivity contribution is 0.632. The fraction of sp³-hybridized carbons (Fsp3) is 0.409. The number of hydrogen-bond acceptors (Lipinski definition) is 5. The molecule has 1 atom stereocenters. The van der Waals surface area contributed by atoms with Crippen LogP contribution < -0.4 is 5.56 Å². The van der Waals surface area contributed by atoms with Crippen molar-refractivity contribution < 1.29 is 0 Å². The third-order valence-corrected chi connectivity index (χ3v) is 7.55. The van der Waals surface area contributed by atoms with Crippen molar-refractivity contribution in [2.45, 2.75) is 62.9 Å². The van der Waals surface area contributed by atoms with Crippen molar-refractivity contribution in [1.82, 2.24) is 9.55 Å². The molecule has 0 aliphatic heterocycles. The molecule has 0 bridgehead atoms. The summed E-state index contributed by atoms with van der Waals surface area (Å²) >= 11 is 3.08. The molecule has 6 heteroatoms. The standard InChI is InChI=1S/C22H23N3OS2/c1-3-25-21(26)19-17-6-4-5-7-18(17)28-20(19)24-22(25)27-16(13-23)12-15-10-8-14(2)9-11-15/h8-11,16H,3-7,12H2,1-2H3/t16-/m1/s1. The van der Waals surface area contributed by atoms with Crippen LogP contribution in [0.2, 0.25) is 0 Å². The highest BCUT2D eigenvalue weighted by Gasteiger charge is 2.23. The van der Waals surface area contributed by atoms with Gasteiger partial charge in [0.1, 0.15) is 10.1 Å². The minimum Gasteiger partial charge on any atom is -0.287 e. The van der Waals surface area contributed by atoms with Crippen molar-refractivity contribution >= 4 is 33.3 Å². The first kappa shape index (κ1) is 19.2. The van der Waals surface area contributed by atoms with E-state index in [4.69, 9.17) is 4.98 Å². The predicted molar refractivity (Wildman–Crippen MR) is 116 cm³/mol. The summed E-state index contributed by atoms with van der Waals surface area (Å²) in [6, 6.07) is 10.7. The fourth-order valence-corrected chi connectivity index (χ4v) is 6.14. The summed E-state index contributed by atoms with van der Waals surface area (Å²) < 4.78 is 1.74. The molecule has 4 rings (SSSR count). The quantitative estimate of drug-likeness (QED) is 0.445. The van der Waals surface area contributed by atoms with Gasteiger partial charge in [0.2, 0.25) is 0 Å². The van der Waals surface area contributed by atoms with E-state index in [0.717, 1.165) is 35.0 Å². The molecule has 0 unspecified atom stereocenters. The van der Waals surface area contributed by atoms with Crippen molar-refractivity contribution in [2.75, 3.05) is 0 Å². The highest BCUT2D eigenvalue weighted by Crippen LogP contribution is 2.35. The van der Waals surface area contributed by atoms with Gasteiger partial charge in [-0.05, 0) is 57.1 Å². The minimum atomic E-state index is -0.278. The first-order valence-electron chi connectivity index (χ1n) is 9.77. The first-order chi connectivity index (χ1) is 13.6. The molecule has 0 saturated carbocycles. The van der Waals surface area contributed by atoms with E-state index in [0.29, 0.717) is 18.1 Å². The topological polar surface area (TPSA) is 58.7 Å². The van der Waals surface area contributed by atoms with Gasteiger partial charge in [0.15, 0.2) is 5.16 Å². The molecule has 144 valence electrons. The van der Waals surface area contributed by atoms with Crippen LogP contribution >= 0.6 is 23.1 Å². The lowest BCUT2D eigenvalue weighted by atomic mass is 9.97. The molecular formula is C22H23N3OS2. The Hall–Kier alpha value is -2.10. The third-order valence-electron chi connectivity index (χ3n) is 5.29. The highest BCUT2D eigenvalue weighted by molar-refractivity contribution is 8.00. The number of nitrogens with zero attached hydrogens (tertiary/aromatic N) is 3. The third kappa shape index (κ3) is 3.61. The van der Waals surface area contributed by atoms with Crippen LogP contribution in [-0.4, -0.2) is 14.8 Å². The summed E-state index contributed by atoms with van der Waals surface area (Å²) in [4.78, 5) is 20.2. The Labute approximate surface area is 173 Å². The Balaban J connectivity index is 1.70. The van der Waals surface area contributed by atoms with Gasteiger partial charge in [0.25, 0.3) is 5.56 Å². The van der Waals surface area contributed by atoms with E-state index in [1.807, 2.05) is 6.92 Å². The number of nitriles is 1. The molecule has 2 aromatic heterocycles. The number of aryl methyl sites for hydroxylation is 3. The summed E-state index contributed by atoms with van der Waals surface area (Å²) in [6.45, 7) is 4.59. The zero-order chi connectivity index (χ0) is 19.7. The second kappa shape index (κ2) is 8.10. The summed E-state index contributed by atoms with van der Waals surface area (Å²) in [5, 5.41) is 10.9. The van der Waals surface area contributed by atoms with Crippen LogP contribution in [-0.2, 0) is 25.8 Å². The van der Waals surface area contributed by atoms with Crippen LogP contribution in [0.15, 0.2) is 34.2 Å². The van der Waals surface area contributed by atoms with Gasteiger partial charge < -0.3 is 0 Å². The Bertz CT molecular complexity index is 1110. The van der Waals surface area contributed by atoms with Gasteiger partial charge in [0, 0.05) is 11.4 Å². The lowest BCUT2D eigenvalue weighted by Gasteiger charge is -2.14. The molecule has 3 aromatic rings. The number of benzene rings is 1. The maximum atomic E-state index is 13.2. The van der Waals surface area contributed by atoms with Crippen LogP contribution in [0, 0.1) is 18.3 Å². The van der Waals surface area contributed by atoms with Crippen LogP contribution in [0.3, 0.4) is 0 Å². The summed E-state index contributed by atoms with van der Waals surface area (Å²) in [7, 11) is 0. The molecule has 0 spiro atoms. The van der Waals surface area contributed by atoms with E-state index in [1.165, 1.54) is 34.2 Å². The zero-order valence-corrected chi connectivity index (χ0v) is 17.8. The Kier molecular flexibility index (Phi) is 5.56. The first-order valence-corrected chi connectivity index (χ1v) is 11.5. The Morgan fingerprint density at radius 3 is 2.75 bits per heavy atom. The van der Waals surface area contributed by atoms with Gasteiger partial charge in [0.05, 0.1) is 11.5 Å². The van der Waals surface area contributed by atoms with E-state index in [9.17, 15) is 10.1 Å². The van der Waals surface area contributed by atoms with Crippen molar-refractivity contribution in [1.29, 1.82) is 5.26 Å². The summed E-state index contributed by atoms with van der Waals surface area (Å²) in [5.74, 6) is 0. The zero-order valence-electron chi connectivity index (χ0n) is 16.2. The van der Waals surface area contributed by atoms with Gasteiger partial charge in [-0.2, -0.15) is 5.26 Å². The van der Waals surface area contributed by atoms with Crippen molar-refractivity contribution in [3.8, 4) is 6.07 Å². The summed E-state index contributed by atoms with van der Waals surface area (Å²) in [6.07, 6.45) is 5.01. The Morgan fingerprint density at radius 1 is 1.29 bits per heavy atom. The lowest BCUT2D eigenvalue weighted by Crippen LogP contribution is -2.24. The summed E-state index contributed by atoms with van der Waals surface area (Å²) in [5.41, 5.74) is 3.61. The Morgan fingerprint density at radius 2 is 2.04 bits per heavy atom. The number of rotatable bonds is 5. The second-order valence-electron chi connectivity index (χ2n) is 7.26. The monoisotopic (exact) mass is 409 g/mol. The van der Waals surface area contributed by atoms with Gasteiger partial charge in [-0.25, -0.2) is 4.98 Å². The van der Waals surface area contributed by atoms with E-state index in [-0.39, 0.29) is 10.8 Å². The molecule has 0 amide bonds. The molecule has 0 fully saturated rings. The van der Waals surface area contributed by atoms with Gasteiger partial charge in [-0.3, -0.25) is 9.36 Å². The van der Waals surface area contributed by atoms with Crippen LogP contribution in [0.1, 0.15) is 41.3 Å². The van der Waals surface area contributed by atoms with E-state index >= 15 is 0 Å². The van der Waals surface area contributed by atoms with Crippen LogP contribution in [0.5, 0.6) is 0 Å². The molecular weight excluding hydrogens is 386 g/mol. The minimum absolute atomic E-state index is 0.0569. The molecule has 2 heterocycles. The molecule has 0 saturated heterocycles. The van der Waals surface area contributed by atoms with Gasteiger partial charge in [-0.15, -0.1) is 11.3 Å². The number of thioether (sulfide) groups is 1. The number of fused-ring (bicyclic) bond motifs is 3. The van der Waals surface area contributed by atoms with Crippen LogP contribution in [0.25, 0.3) is 10.2 Å². The molecule has 0 radical (unpaired) electrons. The average Bonchev–Trinajstić information content (AvgIpc) is 3.07. The van der Waals surface area contributed by atoms with Crippen molar-refractivity contribution in [3.63, 3.8) is 0 Å². The molecule has 1 aliphatic carbocycles. The second-order valence-corrected chi connectivity index (χ2v) is 9.51. The molecule has 28 heavy (non-hydrogen) atoms. The molecule has 0 N–H and O–H groups in total. The number of aromatic nitrogens is 2. The van der Waals surface area contributed by atoms with Gasteiger partial charge in [-0.1, -0.05) is 41.6 Å². The fourth-order valence-electron chi connectivity index (χ4n) is 3.77. The molecule has 4 nitrogen and oxygen atoms in total. The SMILES string of the molecule is CCn1c(S[C@@H](C#N)Cc2ccc(C)cc2)nc2sc3c(c2c1=O)CCCC3. The normalized spacial score (nSPS) is 14.6. The number of thiophene rings is 1. The van der Waals surface area contributed by atoms with Crippen molar-refractivity contribution in [2.24, 2.45) is 0 Å². The highest BCUT2D eigenvalue weighted by atomic mass is 32.2. The maximum absolute atomic E-state index is 13.2.